The lowest BCUT2D eigenvalue weighted by atomic mass is 9.67. The van der Waals surface area contributed by atoms with E-state index in [4.69, 9.17) is 28.4 Å². The van der Waals surface area contributed by atoms with Crippen molar-refractivity contribution in [1.82, 2.24) is 5.32 Å². The molecule has 0 bridgehead atoms. The fourth-order valence-corrected chi connectivity index (χ4v) is 5.78. The molecule has 1 aliphatic heterocycles. The zero-order valence-electron chi connectivity index (χ0n) is 25.0. The number of benzene rings is 2. The van der Waals surface area contributed by atoms with E-state index in [9.17, 15) is 14.4 Å². The molecule has 0 unspecified atom stereocenters. The van der Waals surface area contributed by atoms with E-state index < -0.39 is 35.5 Å². The van der Waals surface area contributed by atoms with Crippen LogP contribution >= 0.6 is 0 Å². The van der Waals surface area contributed by atoms with Crippen LogP contribution < -0.4 is 24.3 Å². The highest BCUT2D eigenvalue weighted by atomic mass is 16.5. The average molecular weight is 580 g/mol. The van der Waals surface area contributed by atoms with Crippen molar-refractivity contribution in [3.63, 3.8) is 0 Å². The summed E-state index contributed by atoms with van der Waals surface area (Å²) in [6, 6.07) is 10.7. The fourth-order valence-electron chi connectivity index (χ4n) is 5.78. The van der Waals surface area contributed by atoms with Crippen molar-refractivity contribution in [1.29, 1.82) is 0 Å². The molecule has 2 aliphatic rings. The maximum absolute atomic E-state index is 14.5. The summed E-state index contributed by atoms with van der Waals surface area (Å²) in [5.41, 5.74) is 3.04. The number of hydrogen-bond donors (Lipinski definition) is 1. The van der Waals surface area contributed by atoms with Crippen LogP contribution in [-0.2, 0) is 23.9 Å². The van der Waals surface area contributed by atoms with Gasteiger partial charge < -0.3 is 33.7 Å². The lowest BCUT2D eigenvalue weighted by molar-refractivity contribution is -0.152. The molecule has 0 aromatic heterocycles. The Bertz CT molecular complexity index is 1400. The maximum atomic E-state index is 14.5. The first-order chi connectivity index (χ1) is 20.2. The van der Waals surface area contributed by atoms with Crippen LogP contribution in [0.5, 0.6) is 23.0 Å². The van der Waals surface area contributed by atoms with Crippen molar-refractivity contribution in [3.8, 4) is 23.0 Å². The first kappa shape index (κ1) is 30.5. The van der Waals surface area contributed by atoms with E-state index >= 15 is 0 Å². The predicted octanol–water partition coefficient (Wildman–Crippen LogP) is 4.43. The van der Waals surface area contributed by atoms with Gasteiger partial charge in [0.15, 0.2) is 17.3 Å². The van der Waals surface area contributed by atoms with Crippen molar-refractivity contribution in [3.05, 3.63) is 70.1 Å². The van der Waals surface area contributed by atoms with Gasteiger partial charge in [0, 0.05) is 28.8 Å². The Morgan fingerprint density at radius 2 is 1.48 bits per heavy atom. The van der Waals surface area contributed by atoms with Crippen molar-refractivity contribution in [2.75, 3.05) is 41.7 Å². The SMILES string of the molecule is CCOC(=O)C1=C(C)NC2=C(C(=O)[C@H](C(=O)OCC)[C@H](c3ccc(OC)cc3)C2)[C@H]1c1cc(OC)c(OC)c(OC)c1. The quantitative estimate of drug-likeness (QED) is 0.320. The molecule has 4 rings (SSSR count). The van der Waals surface area contributed by atoms with Gasteiger partial charge in [0.1, 0.15) is 11.7 Å². The second-order valence-corrected chi connectivity index (χ2v) is 9.85. The zero-order valence-corrected chi connectivity index (χ0v) is 25.0. The second-order valence-electron chi connectivity index (χ2n) is 9.85. The molecular weight excluding hydrogens is 542 g/mol. The molecule has 3 atom stereocenters. The van der Waals surface area contributed by atoms with Crippen molar-refractivity contribution in [2.24, 2.45) is 5.92 Å². The Morgan fingerprint density at radius 3 is 2.00 bits per heavy atom. The van der Waals surface area contributed by atoms with E-state index in [1.165, 1.54) is 21.3 Å². The summed E-state index contributed by atoms with van der Waals surface area (Å²) < 4.78 is 32.8. The number of Topliss-reactive ketones (excluding diaryl/α,β-unsaturated/α-hetero) is 1. The number of carbonyl (C=O) groups is 3. The molecule has 224 valence electrons. The van der Waals surface area contributed by atoms with Gasteiger partial charge in [0.2, 0.25) is 5.75 Å². The Labute approximate surface area is 245 Å². The number of ether oxygens (including phenoxy) is 6. The minimum atomic E-state index is -1.13. The number of rotatable bonds is 10. The normalized spacial score (nSPS) is 19.9. The highest BCUT2D eigenvalue weighted by Crippen LogP contribution is 2.50. The third-order valence-electron chi connectivity index (χ3n) is 7.62. The number of ketones is 1. The van der Waals surface area contributed by atoms with Crippen LogP contribution in [0.4, 0.5) is 0 Å². The van der Waals surface area contributed by atoms with Crippen LogP contribution in [0.25, 0.3) is 0 Å². The molecule has 0 fully saturated rings. The number of esters is 2. The molecule has 0 saturated carbocycles. The maximum Gasteiger partial charge on any atom is 0.336 e. The summed E-state index contributed by atoms with van der Waals surface area (Å²) in [7, 11) is 6.05. The van der Waals surface area contributed by atoms with Gasteiger partial charge >= 0.3 is 11.9 Å². The zero-order chi connectivity index (χ0) is 30.6. The Morgan fingerprint density at radius 1 is 0.857 bits per heavy atom. The van der Waals surface area contributed by atoms with E-state index in [0.29, 0.717) is 51.9 Å². The minimum Gasteiger partial charge on any atom is -0.497 e. The second kappa shape index (κ2) is 13.0. The van der Waals surface area contributed by atoms with Gasteiger partial charge in [-0.15, -0.1) is 0 Å². The van der Waals surface area contributed by atoms with Gasteiger partial charge in [0.05, 0.1) is 47.2 Å². The highest BCUT2D eigenvalue weighted by Gasteiger charge is 2.49. The number of nitrogens with one attached hydrogen (secondary N) is 1. The Kier molecular flexibility index (Phi) is 9.45. The van der Waals surface area contributed by atoms with E-state index in [1.807, 2.05) is 12.1 Å². The molecule has 1 heterocycles. The van der Waals surface area contributed by atoms with E-state index in [0.717, 1.165) is 5.56 Å². The van der Waals surface area contributed by atoms with Crippen LogP contribution in [-0.4, -0.2) is 59.4 Å². The van der Waals surface area contributed by atoms with Crippen LogP contribution in [0, 0.1) is 5.92 Å². The molecule has 10 heteroatoms. The summed E-state index contributed by atoms with van der Waals surface area (Å²) in [6.07, 6.45) is 0.325. The van der Waals surface area contributed by atoms with E-state index in [-0.39, 0.29) is 18.8 Å². The van der Waals surface area contributed by atoms with Gasteiger partial charge in [-0.2, -0.15) is 0 Å². The highest BCUT2D eigenvalue weighted by molar-refractivity contribution is 6.13. The topological polar surface area (TPSA) is 119 Å². The third-order valence-corrected chi connectivity index (χ3v) is 7.62. The van der Waals surface area contributed by atoms with Crippen molar-refractivity contribution < 1.29 is 42.8 Å². The van der Waals surface area contributed by atoms with Gasteiger partial charge in [-0.05, 0) is 62.6 Å². The smallest absolute Gasteiger partial charge is 0.336 e. The number of methoxy groups -OCH3 is 4. The first-order valence-corrected chi connectivity index (χ1v) is 13.8. The molecule has 1 N–H and O–H groups in total. The van der Waals surface area contributed by atoms with Crippen molar-refractivity contribution in [2.45, 2.75) is 39.0 Å². The molecule has 0 saturated heterocycles. The van der Waals surface area contributed by atoms with Crippen LogP contribution in [0.3, 0.4) is 0 Å². The monoisotopic (exact) mass is 579 g/mol. The Balaban J connectivity index is 1.96. The molecule has 0 amide bonds. The predicted molar refractivity (Wildman–Crippen MR) is 154 cm³/mol. The van der Waals surface area contributed by atoms with Crippen LogP contribution in [0.1, 0.15) is 50.2 Å². The van der Waals surface area contributed by atoms with E-state index in [1.54, 1.807) is 52.1 Å². The summed E-state index contributed by atoms with van der Waals surface area (Å²) in [6.45, 7) is 5.44. The van der Waals surface area contributed by atoms with E-state index in [2.05, 4.69) is 5.32 Å². The Hall–Kier alpha value is -4.47. The molecule has 0 radical (unpaired) electrons. The van der Waals surface area contributed by atoms with Crippen LogP contribution in [0.2, 0.25) is 0 Å². The van der Waals surface area contributed by atoms with Gasteiger partial charge in [0.25, 0.3) is 0 Å². The summed E-state index contributed by atoms with van der Waals surface area (Å²) in [5, 5.41) is 3.30. The van der Waals surface area contributed by atoms with Crippen LogP contribution in [0.15, 0.2) is 58.9 Å². The fraction of sp³-hybridized carbons (Fsp3) is 0.406. The average Bonchev–Trinajstić information content (AvgIpc) is 2.99. The number of dihydropyridines is 1. The molecule has 10 nitrogen and oxygen atoms in total. The molecule has 0 spiro atoms. The van der Waals surface area contributed by atoms with Gasteiger partial charge in [-0.3, -0.25) is 9.59 Å². The minimum absolute atomic E-state index is 0.117. The third kappa shape index (κ3) is 5.53. The summed E-state index contributed by atoms with van der Waals surface area (Å²) >= 11 is 0. The van der Waals surface area contributed by atoms with Gasteiger partial charge in [-0.25, -0.2) is 4.79 Å². The summed E-state index contributed by atoms with van der Waals surface area (Å²) in [5.74, 6) is -2.42. The van der Waals surface area contributed by atoms with Crippen molar-refractivity contribution >= 4 is 17.7 Å². The number of hydrogen-bond acceptors (Lipinski definition) is 10. The number of carbonyl (C=O) groups excluding carboxylic acids is 3. The lowest BCUT2D eigenvalue weighted by Crippen LogP contribution is -2.43. The molecule has 2 aromatic rings. The lowest BCUT2D eigenvalue weighted by Gasteiger charge is -2.39. The molecular formula is C32H37NO9. The molecule has 2 aromatic carbocycles. The largest absolute Gasteiger partial charge is 0.497 e. The molecule has 1 aliphatic carbocycles. The first-order valence-electron chi connectivity index (χ1n) is 13.8. The standard InChI is InChI=1S/C32H37NO9/c1-8-41-31(35)25-17(3)33-22-16-21(18-10-12-20(37-4)13-11-18)27(32(36)42-9-2)29(34)28(22)26(25)19-14-23(38-5)30(40-7)24(15-19)39-6/h10-15,21,26-27,33H,8-9,16H2,1-7H3/t21-,26-,27+/m0/s1. The van der Waals surface area contributed by atoms with Gasteiger partial charge in [-0.1, -0.05) is 12.1 Å². The summed E-state index contributed by atoms with van der Waals surface area (Å²) in [4.78, 5) is 41.4. The number of allylic oxidation sites excluding steroid dienone is 3. The molecule has 42 heavy (non-hydrogen) atoms.